The van der Waals surface area contributed by atoms with E-state index in [1.807, 2.05) is 18.2 Å². The number of amides is 1. The number of fused-ring (bicyclic) bond motifs is 1. The number of anilines is 1. The minimum Gasteiger partial charge on any atom is -1.00 e. The van der Waals surface area contributed by atoms with Crippen LogP contribution in [0.15, 0.2) is 61.2 Å². The normalized spacial score (nSPS) is 23.3. The molecular weight excluding hydrogens is 527 g/mol. The van der Waals surface area contributed by atoms with Gasteiger partial charge in [-0.2, -0.15) is 0 Å². The highest BCUT2D eigenvalue weighted by Crippen LogP contribution is 2.35. The van der Waals surface area contributed by atoms with Gasteiger partial charge in [-0.25, -0.2) is 0 Å². The Hall–Kier alpha value is -1.90. The number of hydrogen-bond donors (Lipinski definition) is 1. The first-order chi connectivity index (χ1) is 15.5. The molecule has 2 aromatic rings. The topological polar surface area (TPSA) is 49.8 Å². The zero-order valence-electron chi connectivity index (χ0n) is 19.5. The van der Waals surface area contributed by atoms with Crippen molar-refractivity contribution in [2.24, 2.45) is 0 Å². The Balaban J connectivity index is 0.00000306. The van der Waals surface area contributed by atoms with E-state index in [0.717, 1.165) is 47.4 Å². The number of ether oxygens (including phenoxy) is 1. The van der Waals surface area contributed by atoms with Crippen LogP contribution < -0.4 is 33.6 Å². The number of aliphatic hydroxyl groups excluding tert-OH is 1. The molecule has 0 spiro atoms. The molecule has 0 radical (unpaired) electrons. The second-order valence-electron chi connectivity index (χ2n) is 9.45. The van der Waals surface area contributed by atoms with Gasteiger partial charge in [-0.1, -0.05) is 42.5 Å². The highest BCUT2D eigenvalue weighted by molar-refractivity contribution is 5.97. The first kappa shape index (κ1) is 25.7. The molecule has 6 heteroatoms. The molecule has 178 valence electrons. The number of halogens is 1. The summed E-state index contributed by atoms with van der Waals surface area (Å²) in [6.45, 7) is 7.35. The Morgan fingerprint density at radius 3 is 2.58 bits per heavy atom. The van der Waals surface area contributed by atoms with Gasteiger partial charge >= 0.3 is 0 Å². The number of likely N-dealkylation sites (N-methyl/N-ethyl adjacent to an activating group) is 1. The molecule has 33 heavy (non-hydrogen) atoms. The van der Waals surface area contributed by atoms with Crippen LogP contribution in [0.25, 0.3) is 0 Å². The largest absolute Gasteiger partial charge is 1.00 e. The Labute approximate surface area is 214 Å². The van der Waals surface area contributed by atoms with Crippen molar-refractivity contribution in [3.05, 3.63) is 72.3 Å². The Kier molecular flexibility index (Phi) is 8.95. The summed E-state index contributed by atoms with van der Waals surface area (Å²) in [7, 11) is 2.24. The summed E-state index contributed by atoms with van der Waals surface area (Å²) in [5.41, 5.74) is 3.38. The summed E-state index contributed by atoms with van der Waals surface area (Å²) in [4.78, 5) is 14.1. The molecular formula is C27H35IN2O3. The predicted octanol–water partition coefficient (Wildman–Crippen LogP) is 0.920. The molecule has 2 aliphatic heterocycles. The summed E-state index contributed by atoms with van der Waals surface area (Å²) in [6, 6.07) is 16.6. The van der Waals surface area contributed by atoms with Gasteiger partial charge in [0, 0.05) is 31.4 Å². The number of aliphatic hydroxyl groups is 1. The zero-order chi connectivity index (χ0) is 22.6. The van der Waals surface area contributed by atoms with Crippen LogP contribution >= 0.6 is 0 Å². The standard InChI is InChI=1S/C27H35N2O3.HI/c1-3-16-28-25-10-7-11-26(24(25)12-13-27(28)31)32-20-23(30)19-29(2)17-14-22(15-18-29)21-8-5-4-6-9-21;/h3-11,22-23,30H,1,12-20H2,2H3;1H/q+1;/p-1. The van der Waals surface area contributed by atoms with Crippen molar-refractivity contribution < 1.29 is 43.1 Å². The van der Waals surface area contributed by atoms with E-state index in [4.69, 9.17) is 4.74 Å². The van der Waals surface area contributed by atoms with Crippen LogP contribution in [-0.2, 0) is 11.2 Å². The van der Waals surface area contributed by atoms with Gasteiger partial charge in [0.15, 0.2) is 0 Å². The Morgan fingerprint density at radius 2 is 1.88 bits per heavy atom. The maximum atomic E-state index is 12.3. The van der Waals surface area contributed by atoms with Crippen molar-refractivity contribution >= 4 is 11.6 Å². The van der Waals surface area contributed by atoms with Crippen molar-refractivity contribution in [2.45, 2.75) is 37.7 Å². The first-order valence-corrected chi connectivity index (χ1v) is 11.7. The molecule has 1 unspecified atom stereocenters. The molecule has 1 N–H and O–H groups in total. The quantitative estimate of drug-likeness (QED) is 0.296. The first-order valence-electron chi connectivity index (χ1n) is 11.7. The van der Waals surface area contributed by atoms with E-state index in [1.54, 1.807) is 11.0 Å². The third-order valence-corrected chi connectivity index (χ3v) is 6.99. The molecule has 1 atom stereocenters. The number of rotatable bonds is 8. The lowest BCUT2D eigenvalue weighted by atomic mass is 9.88. The lowest BCUT2D eigenvalue weighted by Gasteiger charge is -2.41. The third-order valence-electron chi connectivity index (χ3n) is 6.99. The molecule has 0 aliphatic carbocycles. The van der Waals surface area contributed by atoms with Crippen LogP contribution in [0.4, 0.5) is 5.69 Å². The van der Waals surface area contributed by atoms with Crippen LogP contribution in [0.2, 0.25) is 0 Å². The lowest BCUT2D eigenvalue weighted by Crippen LogP contribution is -3.00. The predicted molar refractivity (Wildman–Crippen MR) is 128 cm³/mol. The molecule has 0 bridgehead atoms. The fraction of sp³-hybridized carbons (Fsp3) is 0.444. The molecule has 2 aliphatic rings. The van der Waals surface area contributed by atoms with E-state index in [0.29, 0.717) is 31.8 Å². The minimum atomic E-state index is -0.529. The van der Waals surface area contributed by atoms with Gasteiger partial charge < -0.3 is 43.2 Å². The monoisotopic (exact) mass is 562 g/mol. The molecule has 0 aromatic heterocycles. The Morgan fingerprint density at radius 1 is 1.15 bits per heavy atom. The number of piperidine rings is 1. The molecule has 1 fully saturated rings. The van der Waals surface area contributed by atoms with E-state index < -0.39 is 6.10 Å². The summed E-state index contributed by atoms with van der Waals surface area (Å²) in [5, 5.41) is 10.8. The molecule has 1 amide bonds. The molecule has 2 aromatic carbocycles. The van der Waals surface area contributed by atoms with Crippen molar-refractivity contribution in [3.8, 4) is 5.75 Å². The number of nitrogens with zero attached hydrogens (tertiary/aromatic N) is 2. The number of carbonyl (C=O) groups is 1. The summed E-state index contributed by atoms with van der Waals surface area (Å²) < 4.78 is 6.96. The van der Waals surface area contributed by atoms with Gasteiger partial charge in [0.25, 0.3) is 0 Å². The molecule has 4 rings (SSSR count). The third kappa shape index (κ3) is 6.16. The van der Waals surface area contributed by atoms with Gasteiger partial charge in [0.1, 0.15) is 25.0 Å². The number of benzene rings is 2. The number of carbonyl (C=O) groups excluding carboxylic acids is 1. The van der Waals surface area contributed by atoms with E-state index in [2.05, 4.69) is 44.0 Å². The maximum absolute atomic E-state index is 12.3. The van der Waals surface area contributed by atoms with E-state index in [9.17, 15) is 9.90 Å². The molecule has 0 saturated carbocycles. The number of quaternary nitrogens is 1. The maximum Gasteiger partial charge on any atom is 0.227 e. The van der Waals surface area contributed by atoms with Crippen LogP contribution in [0.3, 0.4) is 0 Å². The molecule has 1 saturated heterocycles. The highest BCUT2D eigenvalue weighted by atomic mass is 127. The second kappa shape index (κ2) is 11.5. The second-order valence-corrected chi connectivity index (χ2v) is 9.45. The summed E-state index contributed by atoms with van der Waals surface area (Å²) in [5.74, 6) is 1.51. The highest BCUT2D eigenvalue weighted by Gasteiger charge is 2.33. The molecule has 5 nitrogen and oxygen atoms in total. The smallest absolute Gasteiger partial charge is 0.227 e. The summed E-state index contributed by atoms with van der Waals surface area (Å²) in [6.07, 6.45) is 4.65. The van der Waals surface area contributed by atoms with Crippen LogP contribution in [0, 0.1) is 0 Å². The van der Waals surface area contributed by atoms with Crippen molar-refractivity contribution in [3.63, 3.8) is 0 Å². The van der Waals surface area contributed by atoms with Gasteiger partial charge in [-0.05, 0) is 30.0 Å². The number of hydrogen-bond acceptors (Lipinski definition) is 3. The zero-order valence-corrected chi connectivity index (χ0v) is 21.6. The van der Waals surface area contributed by atoms with Gasteiger partial charge in [-0.15, -0.1) is 6.58 Å². The van der Waals surface area contributed by atoms with E-state index >= 15 is 0 Å². The van der Waals surface area contributed by atoms with E-state index in [-0.39, 0.29) is 36.5 Å². The average molecular weight is 562 g/mol. The fourth-order valence-corrected chi connectivity index (χ4v) is 5.20. The van der Waals surface area contributed by atoms with Crippen molar-refractivity contribution in [2.75, 3.05) is 44.7 Å². The van der Waals surface area contributed by atoms with Gasteiger partial charge in [0.05, 0.1) is 25.8 Å². The Bertz CT molecular complexity index is 942. The van der Waals surface area contributed by atoms with Crippen molar-refractivity contribution in [1.82, 2.24) is 0 Å². The van der Waals surface area contributed by atoms with Crippen molar-refractivity contribution in [1.29, 1.82) is 0 Å². The van der Waals surface area contributed by atoms with Crippen LogP contribution in [0.1, 0.15) is 36.3 Å². The van der Waals surface area contributed by atoms with Gasteiger partial charge in [-0.3, -0.25) is 4.79 Å². The lowest BCUT2D eigenvalue weighted by molar-refractivity contribution is -0.917. The van der Waals surface area contributed by atoms with Gasteiger partial charge in [0.2, 0.25) is 5.91 Å². The number of likely N-dealkylation sites (tertiary alicyclic amines) is 1. The average Bonchev–Trinajstić information content (AvgIpc) is 2.80. The summed E-state index contributed by atoms with van der Waals surface area (Å²) >= 11 is 0. The SMILES string of the molecule is C=CCN1C(=O)CCc2c(OCC(O)C[N+]3(C)CCC(c4ccccc4)CC3)cccc21.[I-]. The molecule has 2 heterocycles. The minimum absolute atomic E-state index is 0. The van der Waals surface area contributed by atoms with Crippen LogP contribution in [-0.4, -0.2) is 61.4 Å². The van der Waals surface area contributed by atoms with Crippen LogP contribution in [0.5, 0.6) is 5.75 Å². The fourth-order valence-electron chi connectivity index (χ4n) is 5.20. The van der Waals surface area contributed by atoms with E-state index in [1.165, 1.54) is 5.56 Å².